The van der Waals surface area contributed by atoms with Crippen LogP contribution in [0.5, 0.6) is 11.5 Å². The summed E-state index contributed by atoms with van der Waals surface area (Å²) in [6.07, 6.45) is 1.34. The fourth-order valence-corrected chi connectivity index (χ4v) is 5.00. The molecule has 226 valence electrons. The van der Waals surface area contributed by atoms with Crippen LogP contribution in [0.4, 0.5) is 11.4 Å². The largest absolute Gasteiger partial charge is 0.543 e. The molecule has 2 unspecified atom stereocenters. The molecule has 0 fully saturated rings. The van der Waals surface area contributed by atoms with E-state index in [1.807, 2.05) is 0 Å². The predicted octanol–water partition coefficient (Wildman–Crippen LogP) is 6.62. The number of esters is 1. The number of ether oxygens (including phenoxy) is 3. The summed E-state index contributed by atoms with van der Waals surface area (Å²) in [5, 5.41) is 21.6. The smallest absolute Gasteiger partial charge is 0.309 e. The summed E-state index contributed by atoms with van der Waals surface area (Å²) >= 11 is 0. The Hall–Kier alpha value is -4.26. The lowest BCUT2D eigenvalue weighted by molar-refractivity contribution is -0.385. The maximum Gasteiger partial charge on any atom is 0.309 e. The average molecular weight is 601 g/mol. The average Bonchev–Trinajstić information content (AvgIpc) is 2.87. The molecule has 0 N–H and O–H groups in total. The summed E-state index contributed by atoms with van der Waals surface area (Å²) in [4.78, 5) is 44.1. The highest BCUT2D eigenvalue weighted by Gasteiger charge is 2.41. The van der Waals surface area contributed by atoms with E-state index in [9.17, 15) is 29.8 Å². The summed E-state index contributed by atoms with van der Waals surface area (Å²) in [7, 11) is -2.20. The van der Waals surface area contributed by atoms with E-state index < -0.39 is 24.3 Å². The topological polar surface area (TPSA) is 157 Å². The molecule has 2 aliphatic heterocycles. The number of non-ortho nitro benzene ring substituents is 2. The summed E-state index contributed by atoms with van der Waals surface area (Å²) in [6.45, 7) is 14.4. The molecule has 13 heteroatoms. The van der Waals surface area contributed by atoms with Gasteiger partial charge < -0.3 is 18.6 Å². The first kappa shape index (κ1) is 32.3. The van der Waals surface area contributed by atoms with Gasteiger partial charge in [0.25, 0.3) is 11.4 Å². The molecule has 42 heavy (non-hydrogen) atoms. The van der Waals surface area contributed by atoms with Crippen LogP contribution >= 0.6 is 0 Å². The molecule has 0 amide bonds. The summed E-state index contributed by atoms with van der Waals surface area (Å²) in [5.74, 6) is 0.958. The number of ketones is 1. The minimum absolute atomic E-state index is 0.0362. The van der Waals surface area contributed by atoms with E-state index in [2.05, 4.69) is 33.9 Å². The van der Waals surface area contributed by atoms with Crippen molar-refractivity contribution < 1.29 is 38.1 Å². The summed E-state index contributed by atoms with van der Waals surface area (Å²) in [5.41, 5.74) is 0.725. The molecule has 2 aromatic carbocycles. The lowest BCUT2D eigenvalue weighted by Crippen LogP contribution is -2.40. The molecule has 0 radical (unpaired) electrons. The molecular weight excluding hydrogens is 564 g/mol. The van der Waals surface area contributed by atoms with Crippen molar-refractivity contribution in [3.05, 3.63) is 73.8 Å². The SMILES string of the molecule is CC1CC(=O)c2cc([N+](=O)[O-])ccc2O1.CCOC(=O)CC1C=C(O[Si](C)(C)C(C)(C)C)c2cc([N+](=O)[O-])ccc2O1. The number of carbonyl (C=O) groups is 2. The number of nitro benzene ring substituents is 2. The number of carbonyl (C=O) groups excluding carboxylic acids is 2. The van der Waals surface area contributed by atoms with Crippen molar-refractivity contribution in [1.82, 2.24) is 0 Å². The maximum absolute atomic E-state index is 11.9. The third-order valence-corrected chi connectivity index (χ3v) is 11.5. The van der Waals surface area contributed by atoms with Crippen LogP contribution in [0.1, 0.15) is 63.4 Å². The zero-order valence-electron chi connectivity index (χ0n) is 24.8. The zero-order chi connectivity index (χ0) is 31.4. The van der Waals surface area contributed by atoms with Gasteiger partial charge in [0.15, 0.2) is 5.78 Å². The normalized spacial score (nSPS) is 17.6. The Morgan fingerprint density at radius 2 is 1.55 bits per heavy atom. The quantitative estimate of drug-likeness (QED) is 0.146. The third kappa shape index (κ3) is 7.72. The molecule has 0 aromatic heterocycles. The van der Waals surface area contributed by atoms with E-state index in [1.54, 1.807) is 26.0 Å². The van der Waals surface area contributed by atoms with Crippen molar-refractivity contribution in [1.29, 1.82) is 0 Å². The lowest BCUT2D eigenvalue weighted by atomic mass is 10.0. The maximum atomic E-state index is 11.9. The first-order valence-corrected chi connectivity index (χ1v) is 16.4. The van der Waals surface area contributed by atoms with Crippen LogP contribution in [0.25, 0.3) is 5.76 Å². The number of Topliss-reactive ketones (excluding diaryl/α,β-unsaturated/α-hetero) is 1. The fourth-order valence-electron chi connectivity index (χ4n) is 3.97. The van der Waals surface area contributed by atoms with Crippen molar-refractivity contribution in [2.24, 2.45) is 0 Å². The molecule has 0 saturated carbocycles. The van der Waals surface area contributed by atoms with Crippen molar-refractivity contribution in [3.8, 4) is 11.5 Å². The second-order valence-corrected chi connectivity index (χ2v) is 16.2. The van der Waals surface area contributed by atoms with Crippen LogP contribution in [-0.4, -0.2) is 48.7 Å². The number of fused-ring (bicyclic) bond motifs is 2. The molecule has 2 heterocycles. The van der Waals surface area contributed by atoms with E-state index in [4.69, 9.17) is 18.6 Å². The van der Waals surface area contributed by atoms with Gasteiger partial charge in [-0.05, 0) is 50.2 Å². The van der Waals surface area contributed by atoms with Gasteiger partial charge >= 0.3 is 5.97 Å². The zero-order valence-corrected chi connectivity index (χ0v) is 25.8. The van der Waals surface area contributed by atoms with E-state index in [-0.39, 0.29) is 47.1 Å². The van der Waals surface area contributed by atoms with Crippen LogP contribution in [0.2, 0.25) is 18.1 Å². The van der Waals surface area contributed by atoms with Crippen molar-refractivity contribution >= 4 is 37.2 Å². The molecule has 0 bridgehead atoms. The third-order valence-electron chi connectivity index (χ3n) is 7.17. The highest BCUT2D eigenvalue weighted by atomic mass is 28.4. The van der Waals surface area contributed by atoms with Crippen molar-refractivity contribution in [2.45, 2.75) is 77.8 Å². The number of nitrogens with zero attached hydrogens (tertiary/aromatic N) is 2. The fraction of sp³-hybridized carbons (Fsp3) is 0.448. The number of rotatable bonds is 7. The number of benzene rings is 2. The first-order chi connectivity index (χ1) is 19.5. The Bertz CT molecular complexity index is 1410. The van der Waals surface area contributed by atoms with Gasteiger partial charge in [0.1, 0.15) is 29.5 Å². The van der Waals surface area contributed by atoms with Crippen LogP contribution in [0.3, 0.4) is 0 Å². The highest BCUT2D eigenvalue weighted by Crippen LogP contribution is 2.43. The molecule has 2 aliphatic rings. The highest BCUT2D eigenvalue weighted by molar-refractivity contribution is 6.74. The molecule has 2 aromatic rings. The molecular formula is C29H36N2O10Si. The van der Waals surface area contributed by atoms with Gasteiger partial charge in [-0.3, -0.25) is 29.8 Å². The summed E-state index contributed by atoms with van der Waals surface area (Å²) < 4.78 is 22.7. The van der Waals surface area contributed by atoms with Gasteiger partial charge in [-0.1, -0.05) is 20.8 Å². The van der Waals surface area contributed by atoms with Gasteiger partial charge in [0.2, 0.25) is 8.32 Å². The Morgan fingerprint density at radius 3 is 2.07 bits per heavy atom. The minimum Gasteiger partial charge on any atom is -0.543 e. The predicted molar refractivity (Wildman–Crippen MR) is 157 cm³/mol. The number of hydrogen-bond acceptors (Lipinski definition) is 10. The standard InChI is InChI=1S/C19H27NO6Si.C10H9NO4/c1-7-24-18(21)12-14-11-17(26-27(5,6)19(2,3)4)15-10-13(20(22)23)8-9-16(15)25-14;1-6-4-9(12)8-5-7(11(13)14)2-3-10(8)15-6/h8-11,14H,7,12H2,1-6H3;2-3,5-6H,4H2,1H3. The Balaban J connectivity index is 0.000000271. The van der Waals surface area contributed by atoms with E-state index in [1.165, 1.54) is 30.3 Å². The Kier molecular flexibility index (Phi) is 9.77. The Morgan fingerprint density at radius 1 is 1.00 bits per heavy atom. The van der Waals surface area contributed by atoms with Crippen molar-refractivity contribution in [2.75, 3.05) is 6.61 Å². The van der Waals surface area contributed by atoms with Crippen LogP contribution in [0, 0.1) is 20.2 Å². The van der Waals surface area contributed by atoms with Gasteiger partial charge in [0, 0.05) is 30.7 Å². The van der Waals surface area contributed by atoms with Crippen LogP contribution < -0.4 is 9.47 Å². The molecule has 12 nitrogen and oxygen atoms in total. The van der Waals surface area contributed by atoms with E-state index >= 15 is 0 Å². The molecule has 0 spiro atoms. The monoisotopic (exact) mass is 600 g/mol. The molecule has 0 aliphatic carbocycles. The Labute approximate surface area is 245 Å². The molecule has 4 rings (SSSR count). The van der Waals surface area contributed by atoms with Crippen LogP contribution in [-0.2, 0) is 14.0 Å². The van der Waals surface area contributed by atoms with Gasteiger partial charge in [-0.15, -0.1) is 0 Å². The lowest BCUT2D eigenvalue weighted by Gasteiger charge is -2.38. The van der Waals surface area contributed by atoms with Gasteiger partial charge in [-0.2, -0.15) is 0 Å². The molecule has 2 atom stereocenters. The molecule has 0 saturated heterocycles. The number of nitro groups is 2. The second kappa shape index (κ2) is 12.7. The van der Waals surface area contributed by atoms with Crippen molar-refractivity contribution in [3.63, 3.8) is 0 Å². The van der Waals surface area contributed by atoms with Gasteiger partial charge in [-0.25, -0.2) is 0 Å². The first-order valence-electron chi connectivity index (χ1n) is 13.5. The van der Waals surface area contributed by atoms with Gasteiger partial charge in [0.05, 0.1) is 34.0 Å². The van der Waals surface area contributed by atoms with E-state index in [0.29, 0.717) is 35.0 Å². The summed E-state index contributed by atoms with van der Waals surface area (Å²) in [6, 6.07) is 8.47. The van der Waals surface area contributed by atoms with Crippen LogP contribution in [0.15, 0.2) is 42.5 Å². The second-order valence-electron chi connectivity index (χ2n) is 11.5. The minimum atomic E-state index is -2.20. The van der Waals surface area contributed by atoms with E-state index in [0.717, 1.165) is 0 Å². The number of hydrogen-bond donors (Lipinski definition) is 0.